The summed E-state index contributed by atoms with van der Waals surface area (Å²) in [5, 5.41) is 10.8. The first-order valence-electron chi connectivity index (χ1n) is 7.34. The highest BCUT2D eigenvalue weighted by atomic mass is 35.5. The van der Waals surface area contributed by atoms with Gasteiger partial charge in [0.25, 0.3) is 16.8 Å². The fourth-order valence-electron chi connectivity index (χ4n) is 2.36. The molecule has 9 nitrogen and oxygen atoms in total. The number of hydrogen-bond donors (Lipinski definition) is 1. The van der Waals surface area contributed by atoms with Crippen molar-refractivity contribution >= 4 is 52.2 Å². The van der Waals surface area contributed by atoms with E-state index >= 15 is 0 Å². The maximum Gasteiger partial charge on any atom is 0.294 e. The molecule has 2 N–H and O–H groups in total. The average Bonchev–Trinajstić information content (AvgIpc) is 3.15. The predicted octanol–water partition coefficient (Wildman–Crippen LogP) is 3.03. The van der Waals surface area contributed by atoms with Gasteiger partial charge in [-0.2, -0.15) is 0 Å². The minimum atomic E-state index is -0.811. The van der Waals surface area contributed by atoms with E-state index in [2.05, 4.69) is 0 Å². The van der Waals surface area contributed by atoms with Gasteiger partial charge in [-0.1, -0.05) is 11.6 Å². The molecule has 3 rings (SSSR count). The van der Waals surface area contributed by atoms with Crippen molar-refractivity contribution in [1.82, 2.24) is 4.90 Å². The average molecular weight is 408 g/mol. The second-order valence-electron chi connectivity index (χ2n) is 5.35. The lowest BCUT2D eigenvalue weighted by molar-refractivity contribution is -0.384. The number of thioether (sulfide) groups is 1. The number of furan rings is 1. The monoisotopic (exact) mass is 407 g/mol. The van der Waals surface area contributed by atoms with E-state index in [-0.39, 0.29) is 32.7 Å². The molecule has 0 bridgehead atoms. The van der Waals surface area contributed by atoms with Crippen molar-refractivity contribution in [1.29, 1.82) is 0 Å². The second kappa shape index (κ2) is 7.25. The molecule has 0 saturated carbocycles. The van der Waals surface area contributed by atoms with Crippen LogP contribution in [0.3, 0.4) is 0 Å². The summed E-state index contributed by atoms with van der Waals surface area (Å²) >= 11 is 6.43. The highest BCUT2D eigenvalue weighted by Crippen LogP contribution is 2.36. The molecule has 0 unspecified atom stereocenters. The van der Waals surface area contributed by atoms with Crippen LogP contribution in [0.4, 0.5) is 10.5 Å². The van der Waals surface area contributed by atoms with Gasteiger partial charge >= 0.3 is 0 Å². The molecular formula is C16H10ClN3O6S. The zero-order valence-electron chi connectivity index (χ0n) is 13.4. The minimum Gasteiger partial charge on any atom is -0.456 e. The van der Waals surface area contributed by atoms with Gasteiger partial charge in [0, 0.05) is 17.2 Å². The second-order valence-corrected chi connectivity index (χ2v) is 6.78. The lowest BCUT2D eigenvalue weighted by Crippen LogP contribution is -2.36. The fraction of sp³-hybridized carbons (Fsp3) is 0.0625. The van der Waals surface area contributed by atoms with E-state index in [1.165, 1.54) is 36.4 Å². The molecule has 11 heteroatoms. The number of nitro groups is 1. The van der Waals surface area contributed by atoms with Gasteiger partial charge in [-0.25, -0.2) is 0 Å². The van der Waals surface area contributed by atoms with Crippen LogP contribution in [0.25, 0.3) is 17.4 Å². The molecule has 1 saturated heterocycles. The summed E-state index contributed by atoms with van der Waals surface area (Å²) in [7, 11) is 0. The summed E-state index contributed by atoms with van der Waals surface area (Å²) in [6, 6.07) is 7.13. The minimum absolute atomic E-state index is 0.0488. The van der Waals surface area contributed by atoms with Crippen LogP contribution in [0.5, 0.6) is 0 Å². The number of nitro benzene ring substituents is 1. The van der Waals surface area contributed by atoms with Gasteiger partial charge in [0.1, 0.15) is 18.1 Å². The smallest absolute Gasteiger partial charge is 0.294 e. The lowest BCUT2D eigenvalue weighted by Gasteiger charge is -2.08. The van der Waals surface area contributed by atoms with Gasteiger partial charge in [0.15, 0.2) is 0 Å². The van der Waals surface area contributed by atoms with Crippen molar-refractivity contribution in [2.75, 3.05) is 6.54 Å². The number of amides is 3. The highest BCUT2D eigenvalue weighted by Gasteiger charge is 2.36. The van der Waals surface area contributed by atoms with Crippen molar-refractivity contribution in [3.63, 3.8) is 0 Å². The predicted molar refractivity (Wildman–Crippen MR) is 97.7 cm³/mol. The zero-order chi connectivity index (χ0) is 19.7. The van der Waals surface area contributed by atoms with E-state index in [1.54, 1.807) is 0 Å². The third-order valence-electron chi connectivity index (χ3n) is 3.51. The molecule has 138 valence electrons. The number of carbonyl (C=O) groups excluding carboxylic acids is 3. The molecule has 1 aromatic heterocycles. The molecule has 3 amide bonds. The van der Waals surface area contributed by atoms with Crippen LogP contribution in [0, 0.1) is 10.1 Å². The first-order chi connectivity index (χ1) is 12.8. The third kappa shape index (κ3) is 3.86. The van der Waals surface area contributed by atoms with E-state index in [1.807, 2.05) is 0 Å². The number of imide groups is 1. The highest BCUT2D eigenvalue weighted by molar-refractivity contribution is 8.18. The van der Waals surface area contributed by atoms with Crippen LogP contribution in [-0.4, -0.2) is 33.4 Å². The van der Waals surface area contributed by atoms with Crippen LogP contribution in [0.15, 0.2) is 39.7 Å². The van der Waals surface area contributed by atoms with Crippen molar-refractivity contribution in [3.05, 3.63) is 56.1 Å². The van der Waals surface area contributed by atoms with E-state index in [0.717, 1.165) is 4.90 Å². The molecule has 0 spiro atoms. The Balaban J connectivity index is 1.91. The van der Waals surface area contributed by atoms with Crippen molar-refractivity contribution < 1.29 is 23.7 Å². The summed E-state index contributed by atoms with van der Waals surface area (Å²) in [5.41, 5.74) is 5.00. The Morgan fingerprint density at radius 2 is 2.07 bits per heavy atom. The molecule has 1 aliphatic heterocycles. The largest absolute Gasteiger partial charge is 0.456 e. The lowest BCUT2D eigenvalue weighted by atomic mass is 10.1. The normalized spacial score (nSPS) is 15.6. The standard InChI is InChI=1S/C16H10ClN3O6S/c17-8-1-3-10(11(5-8)20(24)25)12-4-2-9(26-12)6-13-15(22)19(7-14(18)21)16(23)27-13/h1-6H,7H2,(H2,18,21)/b13-6-. The Kier molecular flexibility index (Phi) is 5.02. The van der Waals surface area contributed by atoms with E-state index in [4.69, 9.17) is 21.8 Å². The van der Waals surface area contributed by atoms with Gasteiger partial charge < -0.3 is 10.2 Å². The number of nitrogens with two attached hydrogens (primary N) is 1. The van der Waals surface area contributed by atoms with E-state index in [0.29, 0.717) is 11.8 Å². The van der Waals surface area contributed by atoms with Gasteiger partial charge in [0.05, 0.1) is 15.4 Å². The summed E-state index contributed by atoms with van der Waals surface area (Å²) < 4.78 is 5.55. The Bertz CT molecular complexity index is 1020. The first-order valence-corrected chi connectivity index (χ1v) is 8.53. The Morgan fingerprint density at radius 1 is 1.33 bits per heavy atom. The maximum atomic E-state index is 12.2. The maximum absolute atomic E-state index is 12.2. The first kappa shape index (κ1) is 18.7. The number of rotatable bonds is 5. The molecule has 27 heavy (non-hydrogen) atoms. The van der Waals surface area contributed by atoms with Crippen LogP contribution in [0.2, 0.25) is 5.02 Å². The van der Waals surface area contributed by atoms with Crippen molar-refractivity contribution in [3.8, 4) is 11.3 Å². The topological polar surface area (TPSA) is 137 Å². The van der Waals surface area contributed by atoms with Gasteiger partial charge in [-0.05, 0) is 36.0 Å². The quantitative estimate of drug-likeness (QED) is 0.456. The number of halogens is 1. The summed E-state index contributed by atoms with van der Waals surface area (Å²) in [4.78, 5) is 46.3. The van der Waals surface area contributed by atoms with Crippen LogP contribution in [0.1, 0.15) is 5.76 Å². The molecule has 2 aromatic rings. The molecule has 1 aromatic carbocycles. The molecule has 2 heterocycles. The zero-order valence-corrected chi connectivity index (χ0v) is 15.0. The number of nitrogens with zero attached hydrogens (tertiary/aromatic N) is 2. The number of benzene rings is 1. The number of primary amides is 1. The van der Waals surface area contributed by atoms with Crippen molar-refractivity contribution in [2.45, 2.75) is 0 Å². The molecule has 0 atom stereocenters. The van der Waals surface area contributed by atoms with Crippen LogP contribution < -0.4 is 5.73 Å². The summed E-state index contributed by atoms with van der Waals surface area (Å²) in [6.45, 7) is -0.512. The van der Waals surface area contributed by atoms with Crippen LogP contribution in [-0.2, 0) is 9.59 Å². The Hall–Kier alpha value is -3.11. The number of hydrogen-bond acceptors (Lipinski definition) is 7. The molecule has 0 aliphatic carbocycles. The van der Waals surface area contributed by atoms with Gasteiger partial charge in [0.2, 0.25) is 5.91 Å². The molecule has 1 fully saturated rings. The fourth-order valence-corrected chi connectivity index (χ4v) is 3.35. The van der Waals surface area contributed by atoms with E-state index in [9.17, 15) is 24.5 Å². The Labute approximate surface area is 160 Å². The molecule has 1 aliphatic rings. The Morgan fingerprint density at radius 3 is 2.74 bits per heavy atom. The third-order valence-corrected chi connectivity index (χ3v) is 4.65. The van der Waals surface area contributed by atoms with Crippen LogP contribution >= 0.6 is 23.4 Å². The van der Waals surface area contributed by atoms with Gasteiger partial charge in [-0.3, -0.25) is 29.4 Å². The molecular weight excluding hydrogens is 398 g/mol. The van der Waals surface area contributed by atoms with E-state index < -0.39 is 28.5 Å². The molecule has 0 radical (unpaired) electrons. The number of carbonyl (C=O) groups is 3. The SMILES string of the molecule is NC(=O)CN1C(=O)S/C(=C\c2ccc(-c3ccc(Cl)cc3[N+](=O)[O-])o2)C1=O. The van der Waals surface area contributed by atoms with Crippen molar-refractivity contribution in [2.24, 2.45) is 5.73 Å². The van der Waals surface area contributed by atoms with Gasteiger partial charge in [-0.15, -0.1) is 0 Å². The summed E-state index contributed by atoms with van der Waals surface area (Å²) in [6.07, 6.45) is 1.32. The summed E-state index contributed by atoms with van der Waals surface area (Å²) in [5.74, 6) is -1.08.